The Hall–Kier alpha value is 2.63. The summed E-state index contributed by atoms with van der Waals surface area (Å²) < 4.78 is 29.5. The number of hydrogen-bond donors (Lipinski definition) is 4. The fourth-order valence-electron chi connectivity index (χ4n) is 0. The van der Waals surface area contributed by atoms with Gasteiger partial charge in [0.25, 0.3) is 0 Å². The molecular weight excluding hydrogens is 206 g/mol. The van der Waals surface area contributed by atoms with E-state index in [0.29, 0.717) is 0 Å². The molecule has 0 saturated carbocycles. The predicted molar refractivity (Wildman–Crippen MR) is 24.6 cm³/mol. The molecule has 0 heterocycles. The molecule has 0 aromatic carbocycles. The van der Waals surface area contributed by atoms with E-state index in [1.54, 1.807) is 0 Å². The molecule has 0 aliphatic carbocycles. The van der Waals surface area contributed by atoms with E-state index in [2.05, 4.69) is 0 Å². The summed E-state index contributed by atoms with van der Waals surface area (Å²) in [5.74, 6) is 0. The standard InChI is InChI=1S/Li.4H2O.Sr.Ti.3H/h;4*1H2;;;;;/q;;;;;;+4;;;/p-4. The molecule has 7 heavy (non-hydrogen) atoms. The van der Waals surface area contributed by atoms with E-state index in [1.165, 1.54) is 0 Å². The molecular formula is H7LiO4SrTi. The Bertz CT molecular complexity index is 27.2. The zero-order valence-electron chi connectivity index (χ0n) is 2.29. The monoisotopic (exact) mass is 214 g/mol. The van der Waals surface area contributed by atoms with E-state index in [-0.39, 0.29) is 64.3 Å². The van der Waals surface area contributed by atoms with Crippen molar-refractivity contribution in [3.05, 3.63) is 0 Å². The normalized spacial score (nSPS) is 8.57. The minimum absolute atomic E-state index is 0. The van der Waals surface area contributed by atoms with Crippen LogP contribution in [-0.4, -0.2) is 79.1 Å². The third kappa shape index (κ3) is 54.8. The molecule has 0 aromatic rings. The summed E-state index contributed by atoms with van der Waals surface area (Å²) in [7, 11) is 0. The van der Waals surface area contributed by atoms with Gasteiger partial charge in [-0.2, -0.15) is 0 Å². The van der Waals surface area contributed by atoms with Crippen molar-refractivity contribution in [3.63, 3.8) is 0 Å². The zero-order chi connectivity index (χ0) is 4.50. The maximum absolute atomic E-state index is 7.38. The van der Waals surface area contributed by atoms with Gasteiger partial charge >= 0.3 is 97.2 Å². The molecule has 38 valence electrons. The fraction of sp³-hybridized carbons (Fsp3) is 0. The summed E-state index contributed by atoms with van der Waals surface area (Å²) in [5, 5.41) is 0. The van der Waals surface area contributed by atoms with Crippen LogP contribution < -0.4 is 0 Å². The average Bonchev–Trinajstić information content (AvgIpc) is 0.722. The van der Waals surface area contributed by atoms with Gasteiger partial charge in [-0.1, -0.05) is 0 Å². The van der Waals surface area contributed by atoms with Crippen LogP contribution in [0.1, 0.15) is 0 Å². The predicted octanol–water partition coefficient (Wildman–Crippen LogP) is -3.80. The van der Waals surface area contributed by atoms with Crippen LogP contribution in [0.3, 0.4) is 0 Å². The zero-order valence-corrected chi connectivity index (χ0v) is 3.85. The van der Waals surface area contributed by atoms with Gasteiger partial charge in [0.15, 0.2) is 0 Å². The quantitative estimate of drug-likeness (QED) is 0.311. The minimum atomic E-state index is -5.00. The first-order valence-electron chi connectivity index (χ1n) is 0.894. The Kier molecular flexibility index (Phi) is 15.7. The second-order valence-electron chi connectivity index (χ2n) is 0.600. The van der Waals surface area contributed by atoms with E-state index in [0.717, 1.165) is 0 Å². The third-order valence-electron chi connectivity index (χ3n) is 0. The van der Waals surface area contributed by atoms with E-state index in [1.807, 2.05) is 0 Å². The molecule has 4 nitrogen and oxygen atoms in total. The van der Waals surface area contributed by atoms with Crippen molar-refractivity contribution in [2.75, 3.05) is 0 Å². The van der Waals surface area contributed by atoms with Crippen LogP contribution in [0, 0.1) is 0 Å². The van der Waals surface area contributed by atoms with Gasteiger partial charge in [-0.05, 0) is 0 Å². The molecule has 0 amide bonds. The summed E-state index contributed by atoms with van der Waals surface area (Å²) in [6, 6.07) is 0. The van der Waals surface area contributed by atoms with E-state index in [4.69, 9.17) is 14.8 Å². The van der Waals surface area contributed by atoms with Crippen LogP contribution in [0.2, 0.25) is 0 Å². The Labute approximate surface area is 95.3 Å². The molecule has 0 atom stereocenters. The summed E-state index contributed by atoms with van der Waals surface area (Å²) >= 11 is -5.00. The Balaban J connectivity index is -0.0000000800. The molecule has 0 radical (unpaired) electrons. The second kappa shape index (κ2) is 6.75. The molecule has 0 rings (SSSR count). The van der Waals surface area contributed by atoms with Crippen molar-refractivity contribution in [1.82, 2.24) is 0 Å². The molecule has 0 aromatic heterocycles. The van der Waals surface area contributed by atoms with Crippen molar-refractivity contribution >= 4 is 64.3 Å². The molecule has 0 aliphatic rings. The van der Waals surface area contributed by atoms with Crippen molar-refractivity contribution in [3.8, 4) is 0 Å². The first-order valence-corrected chi connectivity index (χ1v) is 3.69. The van der Waals surface area contributed by atoms with E-state index in [9.17, 15) is 0 Å². The van der Waals surface area contributed by atoms with E-state index < -0.39 is 18.1 Å². The van der Waals surface area contributed by atoms with Crippen LogP contribution in [0.5, 0.6) is 0 Å². The topological polar surface area (TPSA) is 80.9 Å². The van der Waals surface area contributed by atoms with Crippen molar-refractivity contribution in [2.24, 2.45) is 0 Å². The molecule has 7 heteroatoms. The third-order valence-corrected chi connectivity index (χ3v) is 0. The maximum atomic E-state index is 7.38. The average molecular weight is 213 g/mol. The molecule has 0 spiro atoms. The van der Waals surface area contributed by atoms with Gasteiger partial charge in [0.1, 0.15) is 0 Å². The van der Waals surface area contributed by atoms with Crippen molar-refractivity contribution < 1.29 is 32.9 Å². The molecule has 0 unspecified atom stereocenters. The van der Waals surface area contributed by atoms with Crippen molar-refractivity contribution in [1.29, 1.82) is 0 Å². The Morgan fingerprint density at radius 1 is 0.857 bits per heavy atom. The molecule has 0 bridgehead atoms. The first kappa shape index (κ1) is 16.3. The number of hydrogen-bond acceptors (Lipinski definition) is 4. The summed E-state index contributed by atoms with van der Waals surface area (Å²) in [4.78, 5) is 0. The first-order chi connectivity index (χ1) is 2.00. The Morgan fingerprint density at radius 2 is 0.857 bits per heavy atom. The van der Waals surface area contributed by atoms with Gasteiger partial charge in [-0.25, -0.2) is 0 Å². The van der Waals surface area contributed by atoms with Gasteiger partial charge in [-0.15, -0.1) is 0 Å². The molecule has 0 aliphatic heterocycles. The van der Waals surface area contributed by atoms with Crippen molar-refractivity contribution in [2.45, 2.75) is 0 Å². The van der Waals surface area contributed by atoms with Crippen LogP contribution in [0.25, 0.3) is 0 Å². The van der Waals surface area contributed by atoms with Crippen LogP contribution in [0.4, 0.5) is 0 Å². The van der Waals surface area contributed by atoms with E-state index >= 15 is 0 Å². The van der Waals surface area contributed by atoms with Gasteiger partial charge in [0, 0.05) is 0 Å². The second-order valence-corrected chi connectivity index (χ2v) is 2.47. The molecule has 0 fully saturated rings. The fourth-order valence-corrected chi connectivity index (χ4v) is 0. The SMILES string of the molecule is [LiH].[OH][Ti]([OH])([OH])[OH].[SrH2]. The summed E-state index contributed by atoms with van der Waals surface area (Å²) in [6.07, 6.45) is 0. The molecule has 0 saturated heterocycles. The van der Waals surface area contributed by atoms with Crippen LogP contribution >= 0.6 is 0 Å². The summed E-state index contributed by atoms with van der Waals surface area (Å²) in [6.45, 7) is 0. The van der Waals surface area contributed by atoms with Gasteiger partial charge in [-0.3, -0.25) is 0 Å². The molecule has 4 N–H and O–H groups in total. The Morgan fingerprint density at radius 3 is 0.857 bits per heavy atom. The summed E-state index contributed by atoms with van der Waals surface area (Å²) in [5.41, 5.74) is 0. The van der Waals surface area contributed by atoms with Gasteiger partial charge in [0.2, 0.25) is 0 Å². The van der Waals surface area contributed by atoms with Gasteiger partial charge in [0.05, 0.1) is 0 Å². The van der Waals surface area contributed by atoms with Crippen LogP contribution in [-0.2, 0) is 18.1 Å². The van der Waals surface area contributed by atoms with Crippen LogP contribution in [0.15, 0.2) is 0 Å². The van der Waals surface area contributed by atoms with Gasteiger partial charge < -0.3 is 0 Å². The number of rotatable bonds is 0.